The van der Waals surface area contributed by atoms with Crippen molar-refractivity contribution in [3.8, 4) is 11.1 Å². The number of hydrogen-bond acceptors (Lipinski definition) is 1. The molecule has 66 valence electrons. The van der Waals surface area contributed by atoms with E-state index in [0.29, 0.717) is 10.0 Å². The second-order valence-corrected chi connectivity index (χ2v) is 3.46. The second kappa shape index (κ2) is 3.44. The largest absolute Gasteiger partial charge is 0.472 e. The number of hydrogen-bond donors (Lipinski definition) is 0. The molecule has 0 saturated carbocycles. The van der Waals surface area contributed by atoms with Gasteiger partial charge in [-0.15, -0.1) is 0 Å². The van der Waals surface area contributed by atoms with Crippen LogP contribution in [-0.4, -0.2) is 0 Å². The van der Waals surface area contributed by atoms with Gasteiger partial charge in [-0.25, -0.2) is 0 Å². The van der Waals surface area contributed by atoms with Crippen molar-refractivity contribution in [3.05, 3.63) is 46.8 Å². The summed E-state index contributed by atoms with van der Waals surface area (Å²) in [6.45, 7) is 0. The number of halogens is 2. The monoisotopic (exact) mass is 212 g/mol. The maximum Gasteiger partial charge on any atom is 0.0980 e. The van der Waals surface area contributed by atoms with E-state index in [1.165, 1.54) is 0 Å². The fraction of sp³-hybridized carbons (Fsp3) is 0. The lowest BCUT2D eigenvalue weighted by atomic mass is 10.1. The molecule has 1 heterocycles. The summed E-state index contributed by atoms with van der Waals surface area (Å²) in [6, 6.07) is 7.36. The molecule has 0 bridgehead atoms. The van der Waals surface area contributed by atoms with Crippen LogP contribution in [0.15, 0.2) is 41.2 Å². The zero-order valence-corrected chi connectivity index (χ0v) is 8.14. The van der Waals surface area contributed by atoms with Gasteiger partial charge in [-0.05, 0) is 23.8 Å². The Morgan fingerprint density at radius 2 is 1.77 bits per heavy atom. The average Bonchev–Trinajstić information content (AvgIpc) is 2.62. The third kappa shape index (κ3) is 1.71. The van der Waals surface area contributed by atoms with E-state index in [2.05, 4.69) is 0 Å². The first-order valence-electron chi connectivity index (χ1n) is 3.75. The minimum atomic E-state index is 0.556. The van der Waals surface area contributed by atoms with Crippen molar-refractivity contribution in [2.45, 2.75) is 0 Å². The van der Waals surface area contributed by atoms with Crippen molar-refractivity contribution in [1.29, 1.82) is 0 Å². The molecule has 2 rings (SSSR count). The molecule has 0 aliphatic rings. The summed E-state index contributed by atoms with van der Waals surface area (Å²) in [7, 11) is 0. The normalized spacial score (nSPS) is 10.3. The first kappa shape index (κ1) is 8.67. The van der Waals surface area contributed by atoms with Crippen molar-refractivity contribution in [3.63, 3.8) is 0 Å². The minimum absolute atomic E-state index is 0.556. The molecule has 0 radical (unpaired) electrons. The smallest absolute Gasteiger partial charge is 0.0980 e. The molecule has 0 N–H and O–H groups in total. The van der Waals surface area contributed by atoms with Crippen LogP contribution in [0.2, 0.25) is 10.0 Å². The van der Waals surface area contributed by atoms with Gasteiger partial charge < -0.3 is 4.42 Å². The Bertz CT molecular complexity index is 407. The van der Waals surface area contributed by atoms with Gasteiger partial charge in [-0.1, -0.05) is 29.3 Å². The average molecular weight is 213 g/mol. The second-order valence-electron chi connectivity index (χ2n) is 2.64. The third-order valence-electron chi connectivity index (χ3n) is 1.77. The molecular formula is C10H6Cl2O. The molecule has 0 aliphatic heterocycles. The van der Waals surface area contributed by atoms with Crippen LogP contribution in [-0.2, 0) is 0 Å². The zero-order chi connectivity index (χ0) is 9.26. The lowest BCUT2D eigenvalue weighted by Gasteiger charge is -1.99. The number of benzene rings is 1. The topological polar surface area (TPSA) is 13.1 Å². The number of rotatable bonds is 1. The van der Waals surface area contributed by atoms with Gasteiger partial charge in [0.25, 0.3) is 0 Å². The molecule has 13 heavy (non-hydrogen) atoms. The maximum atomic E-state index is 5.87. The van der Waals surface area contributed by atoms with Crippen molar-refractivity contribution in [1.82, 2.24) is 0 Å². The maximum absolute atomic E-state index is 5.87. The molecule has 1 aromatic heterocycles. The standard InChI is InChI=1S/C10H6Cl2O/c11-9-2-1-7(5-10(9)12)8-3-4-13-6-8/h1-6H. The summed E-state index contributed by atoms with van der Waals surface area (Å²) < 4.78 is 4.96. The van der Waals surface area contributed by atoms with Gasteiger partial charge in [0.1, 0.15) is 0 Å². The Labute approximate surface area is 85.9 Å². The molecular weight excluding hydrogens is 207 g/mol. The highest BCUT2D eigenvalue weighted by atomic mass is 35.5. The molecule has 0 atom stereocenters. The first-order chi connectivity index (χ1) is 6.27. The summed E-state index contributed by atoms with van der Waals surface area (Å²) in [6.07, 6.45) is 3.29. The molecule has 3 heteroatoms. The lowest BCUT2D eigenvalue weighted by Crippen LogP contribution is -1.74. The van der Waals surface area contributed by atoms with Crippen molar-refractivity contribution >= 4 is 23.2 Å². The quantitative estimate of drug-likeness (QED) is 0.689. The van der Waals surface area contributed by atoms with E-state index < -0.39 is 0 Å². The summed E-state index contributed by atoms with van der Waals surface area (Å²) in [5, 5.41) is 1.12. The van der Waals surface area contributed by atoms with Gasteiger partial charge in [0.2, 0.25) is 0 Å². The Morgan fingerprint density at radius 3 is 2.38 bits per heavy atom. The fourth-order valence-electron chi connectivity index (χ4n) is 1.10. The van der Waals surface area contributed by atoms with Crippen LogP contribution in [0.3, 0.4) is 0 Å². The highest BCUT2D eigenvalue weighted by molar-refractivity contribution is 6.42. The SMILES string of the molecule is Clc1ccc(-c2ccoc2)cc1Cl. The fourth-order valence-corrected chi connectivity index (χ4v) is 1.40. The summed E-state index contributed by atoms with van der Waals surface area (Å²) in [5.41, 5.74) is 2.00. The molecule has 0 unspecified atom stereocenters. The predicted molar refractivity (Wildman–Crippen MR) is 54.2 cm³/mol. The highest BCUT2D eigenvalue weighted by Gasteiger charge is 2.02. The van der Waals surface area contributed by atoms with E-state index in [1.54, 1.807) is 18.6 Å². The number of furan rings is 1. The van der Waals surface area contributed by atoms with Crippen LogP contribution in [0, 0.1) is 0 Å². The van der Waals surface area contributed by atoms with E-state index in [1.807, 2.05) is 18.2 Å². The van der Waals surface area contributed by atoms with E-state index in [4.69, 9.17) is 27.6 Å². The Hall–Kier alpha value is -0.920. The van der Waals surface area contributed by atoms with Crippen molar-refractivity contribution < 1.29 is 4.42 Å². The Balaban J connectivity index is 2.49. The zero-order valence-electron chi connectivity index (χ0n) is 6.63. The van der Waals surface area contributed by atoms with Gasteiger partial charge in [0, 0.05) is 5.56 Å². The van der Waals surface area contributed by atoms with E-state index in [9.17, 15) is 0 Å². The molecule has 2 aromatic rings. The summed E-state index contributed by atoms with van der Waals surface area (Å²) in [5.74, 6) is 0. The van der Waals surface area contributed by atoms with E-state index >= 15 is 0 Å². The summed E-state index contributed by atoms with van der Waals surface area (Å²) >= 11 is 11.7. The third-order valence-corrected chi connectivity index (χ3v) is 2.51. The lowest BCUT2D eigenvalue weighted by molar-refractivity contribution is 0.568. The molecule has 1 nitrogen and oxygen atoms in total. The van der Waals surface area contributed by atoms with E-state index in [0.717, 1.165) is 11.1 Å². The molecule has 0 saturated heterocycles. The summed E-state index contributed by atoms with van der Waals surface area (Å²) in [4.78, 5) is 0. The Kier molecular flexibility index (Phi) is 2.30. The van der Waals surface area contributed by atoms with Crippen LogP contribution < -0.4 is 0 Å². The first-order valence-corrected chi connectivity index (χ1v) is 4.50. The molecule has 0 spiro atoms. The van der Waals surface area contributed by atoms with Crippen LogP contribution in [0.5, 0.6) is 0 Å². The van der Waals surface area contributed by atoms with Gasteiger partial charge in [-0.3, -0.25) is 0 Å². The van der Waals surface area contributed by atoms with Crippen LogP contribution in [0.4, 0.5) is 0 Å². The van der Waals surface area contributed by atoms with Gasteiger partial charge in [-0.2, -0.15) is 0 Å². The van der Waals surface area contributed by atoms with Crippen molar-refractivity contribution in [2.75, 3.05) is 0 Å². The van der Waals surface area contributed by atoms with Crippen LogP contribution >= 0.6 is 23.2 Å². The molecule has 0 aliphatic carbocycles. The van der Waals surface area contributed by atoms with Gasteiger partial charge in [0.15, 0.2) is 0 Å². The van der Waals surface area contributed by atoms with Crippen LogP contribution in [0.25, 0.3) is 11.1 Å². The Morgan fingerprint density at radius 1 is 0.923 bits per heavy atom. The minimum Gasteiger partial charge on any atom is -0.472 e. The van der Waals surface area contributed by atoms with Gasteiger partial charge >= 0.3 is 0 Å². The predicted octanol–water partition coefficient (Wildman–Crippen LogP) is 4.25. The molecule has 1 aromatic carbocycles. The van der Waals surface area contributed by atoms with Crippen LogP contribution in [0.1, 0.15) is 0 Å². The molecule has 0 fully saturated rings. The van der Waals surface area contributed by atoms with E-state index in [-0.39, 0.29) is 0 Å². The molecule has 0 amide bonds. The van der Waals surface area contributed by atoms with Gasteiger partial charge in [0.05, 0.1) is 22.6 Å². The van der Waals surface area contributed by atoms with Crippen molar-refractivity contribution in [2.24, 2.45) is 0 Å². The highest BCUT2D eigenvalue weighted by Crippen LogP contribution is 2.28.